The third kappa shape index (κ3) is 8.73. The average Bonchev–Trinajstić information content (AvgIpc) is 2.92. The Hall–Kier alpha value is -3.56. The molecule has 0 aliphatic carbocycles. The first-order valence-corrected chi connectivity index (χ1v) is 14.5. The van der Waals surface area contributed by atoms with Gasteiger partial charge in [0.1, 0.15) is 11.9 Å². The molecular weight excluding hydrogens is 517 g/mol. The number of hydrogen-bond donors (Lipinski definition) is 2. The van der Waals surface area contributed by atoms with E-state index in [1.807, 2.05) is 44.2 Å². The molecule has 7 nitrogen and oxygen atoms in total. The van der Waals surface area contributed by atoms with Gasteiger partial charge in [-0.1, -0.05) is 75.4 Å². The molecule has 0 spiro atoms. The Kier molecular flexibility index (Phi) is 10.8. The highest BCUT2D eigenvalue weighted by Gasteiger charge is 2.31. The normalized spacial score (nSPS) is 12.2. The minimum absolute atomic E-state index is 0.0985. The first-order valence-electron chi connectivity index (χ1n) is 13.1. The van der Waals surface area contributed by atoms with Gasteiger partial charge in [0.2, 0.25) is 21.8 Å². The Bertz CT molecular complexity index is 1330. The summed E-state index contributed by atoms with van der Waals surface area (Å²) in [6.45, 7) is 6.56. The number of nitrogens with one attached hydrogen (secondary N) is 2. The van der Waals surface area contributed by atoms with Gasteiger partial charge >= 0.3 is 0 Å². The van der Waals surface area contributed by atoms with Crippen molar-refractivity contribution in [3.63, 3.8) is 0 Å². The van der Waals surface area contributed by atoms with E-state index in [1.165, 1.54) is 29.2 Å². The average molecular weight is 554 g/mol. The van der Waals surface area contributed by atoms with Crippen LogP contribution in [0.25, 0.3) is 0 Å². The number of nitrogens with zero attached hydrogens (tertiary/aromatic N) is 1. The monoisotopic (exact) mass is 553 g/mol. The number of aryl methyl sites for hydroxylation is 1. The van der Waals surface area contributed by atoms with E-state index in [0.29, 0.717) is 24.1 Å². The number of hydrogen-bond acceptors (Lipinski definition) is 4. The van der Waals surface area contributed by atoms with E-state index in [4.69, 9.17) is 0 Å². The lowest BCUT2D eigenvalue weighted by molar-refractivity contribution is -0.141. The molecule has 0 radical (unpaired) electrons. The minimum Gasteiger partial charge on any atom is -0.354 e. The molecule has 0 heterocycles. The first-order chi connectivity index (χ1) is 18.6. The molecule has 1 atom stereocenters. The molecular formula is C30H36FN3O4S. The number of amides is 2. The molecule has 208 valence electrons. The molecule has 0 saturated heterocycles. The fourth-order valence-electron chi connectivity index (χ4n) is 4.12. The maximum absolute atomic E-state index is 13.7. The second-order valence-corrected chi connectivity index (χ2v) is 11.5. The smallest absolute Gasteiger partial charge is 0.247 e. The summed E-state index contributed by atoms with van der Waals surface area (Å²) in [5, 5.41) is 2.96. The topological polar surface area (TPSA) is 95.6 Å². The van der Waals surface area contributed by atoms with Gasteiger partial charge in [-0.2, -0.15) is 0 Å². The van der Waals surface area contributed by atoms with Crippen molar-refractivity contribution in [2.75, 3.05) is 13.1 Å². The maximum atomic E-state index is 13.7. The molecule has 3 rings (SSSR count). The van der Waals surface area contributed by atoms with Gasteiger partial charge in [0.25, 0.3) is 0 Å². The Labute approximate surface area is 230 Å². The van der Waals surface area contributed by atoms with E-state index < -0.39 is 16.1 Å². The van der Waals surface area contributed by atoms with E-state index in [9.17, 15) is 22.4 Å². The number of halogens is 1. The van der Waals surface area contributed by atoms with Gasteiger partial charge in [0.15, 0.2) is 0 Å². The largest absolute Gasteiger partial charge is 0.354 e. The zero-order valence-corrected chi connectivity index (χ0v) is 23.4. The second-order valence-electron chi connectivity index (χ2n) is 9.75. The van der Waals surface area contributed by atoms with Crippen molar-refractivity contribution in [1.29, 1.82) is 0 Å². The number of sulfonamides is 1. The first kappa shape index (κ1) is 30.0. The van der Waals surface area contributed by atoms with Crippen LogP contribution in [0, 0.1) is 11.7 Å². The van der Waals surface area contributed by atoms with E-state index in [2.05, 4.69) is 10.0 Å². The maximum Gasteiger partial charge on any atom is 0.247 e. The summed E-state index contributed by atoms with van der Waals surface area (Å²) >= 11 is 0. The molecule has 0 aromatic heterocycles. The Balaban J connectivity index is 1.88. The van der Waals surface area contributed by atoms with Gasteiger partial charge < -0.3 is 10.2 Å². The highest BCUT2D eigenvalue weighted by atomic mass is 32.2. The summed E-state index contributed by atoms with van der Waals surface area (Å²) in [6, 6.07) is 20.5. The van der Waals surface area contributed by atoms with Crippen LogP contribution in [0.4, 0.5) is 4.39 Å². The third-order valence-corrected chi connectivity index (χ3v) is 7.70. The molecule has 3 aromatic carbocycles. The zero-order chi connectivity index (χ0) is 28.4. The second kappa shape index (κ2) is 14.0. The van der Waals surface area contributed by atoms with Crippen molar-refractivity contribution >= 4 is 21.8 Å². The van der Waals surface area contributed by atoms with Gasteiger partial charge in [-0.15, -0.1) is 0 Å². The number of benzene rings is 3. The van der Waals surface area contributed by atoms with Gasteiger partial charge in [-0.3, -0.25) is 9.59 Å². The fourth-order valence-corrected chi connectivity index (χ4v) is 5.16. The van der Waals surface area contributed by atoms with Crippen LogP contribution >= 0.6 is 0 Å². The SMILES string of the molecule is CCNS(=O)(=O)c1ccc(CCC(=O)N(Cc2ccc(F)cc2)[C@@H](C(=O)NCC(C)C)c2ccccc2)cc1. The van der Waals surface area contributed by atoms with E-state index >= 15 is 0 Å². The predicted molar refractivity (Wildman–Crippen MR) is 150 cm³/mol. The van der Waals surface area contributed by atoms with E-state index in [0.717, 1.165) is 5.56 Å². The van der Waals surface area contributed by atoms with Crippen LogP contribution in [-0.4, -0.2) is 38.2 Å². The molecule has 3 aromatic rings. The van der Waals surface area contributed by atoms with Crippen molar-refractivity contribution in [3.8, 4) is 0 Å². The molecule has 2 amide bonds. The van der Waals surface area contributed by atoms with Gasteiger partial charge in [-0.25, -0.2) is 17.5 Å². The molecule has 0 aliphatic heterocycles. The van der Waals surface area contributed by atoms with Crippen LogP contribution in [0.1, 0.15) is 49.9 Å². The molecule has 0 unspecified atom stereocenters. The lowest BCUT2D eigenvalue weighted by Gasteiger charge is -2.32. The van der Waals surface area contributed by atoms with Crippen molar-refractivity contribution in [2.45, 2.75) is 51.1 Å². The molecule has 0 aliphatic rings. The predicted octanol–water partition coefficient (Wildman–Crippen LogP) is 4.60. The van der Waals surface area contributed by atoms with Crippen LogP contribution in [0.3, 0.4) is 0 Å². The zero-order valence-electron chi connectivity index (χ0n) is 22.6. The lowest BCUT2D eigenvalue weighted by atomic mass is 10.0. The van der Waals surface area contributed by atoms with Crippen molar-refractivity contribution in [1.82, 2.24) is 14.9 Å². The molecule has 0 bridgehead atoms. The molecule has 9 heteroatoms. The Morgan fingerprint density at radius 2 is 1.51 bits per heavy atom. The molecule has 2 N–H and O–H groups in total. The Morgan fingerprint density at radius 1 is 0.897 bits per heavy atom. The Morgan fingerprint density at radius 3 is 2.10 bits per heavy atom. The molecule has 39 heavy (non-hydrogen) atoms. The van der Waals surface area contributed by atoms with Crippen molar-refractivity contribution in [2.24, 2.45) is 5.92 Å². The third-order valence-electron chi connectivity index (χ3n) is 6.14. The summed E-state index contributed by atoms with van der Waals surface area (Å²) in [7, 11) is -3.57. The van der Waals surface area contributed by atoms with E-state index in [1.54, 1.807) is 31.2 Å². The standard InChI is InChI=1S/C30H36FN3O4S/c1-4-33-39(37,38)27-17-12-23(13-18-27)14-19-28(35)34(21-24-10-15-26(31)16-11-24)29(25-8-6-5-7-9-25)30(36)32-20-22(2)3/h5-13,15-18,22,29,33H,4,14,19-21H2,1-3H3,(H,32,36)/t29-/m1/s1. The molecule has 0 saturated carbocycles. The van der Waals surface area contributed by atoms with Gasteiger partial charge in [0.05, 0.1) is 4.90 Å². The van der Waals surface area contributed by atoms with Crippen LogP contribution < -0.4 is 10.0 Å². The highest BCUT2D eigenvalue weighted by Crippen LogP contribution is 2.25. The van der Waals surface area contributed by atoms with Gasteiger partial charge in [-0.05, 0) is 53.3 Å². The van der Waals surface area contributed by atoms with Crippen LogP contribution in [0.5, 0.6) is 0 Å². The number of carbonyl (C=O) groups excluding carboxylic acids is 2. The molecule has 0 fully saturated rings. The van der Waals surface area contributed by atoms with Gasteiger partial charge in [0, 0.05) is 26.1 Å². The van der Waals surface area contributed by atoms with Crippen LogP contribution in [0.2, 0.25) is 0 Å². The summed E-state index contributed by atoms with van der Waals surface area (Å²) in [5.41, 5.74) is 2.16. The lowest BCUT2D eigenvalue weighted by Crippen LogP contribution is -2.44. The minimum atomic E-state index is -3.57. The van der Waals surface area contributed by atoms with Crippen molar-refractivity contribution in [3.05, 3.63) is 101 Å². The number of rotatable bonds is 13. The highest BCUT2D eigenvalue weighted by molar-refractivity contribution is 7.89. The van der Waals surface area contributed by atoms with Crippen LogP contribution in [-0.2, 0) is 32.6 Å². The summed E-state index contributed by atoms with van der Waals surface area (Å²) < 4.78 is 40.5. The quantitative estimate of drug-likeness (QED) is 0.324. The summed E-state index contributed by atoms with van der Waals surface area (Å²) in [5.74, 6) is -0.697. The van der Waals surface area contributed by atoms with Crippen LogP contribution in [0.15, 0.2) is 83.8 Å². The fraction of sp³-hybridized carbons (Fsp3) is 0.333. The summed E-state index contributed by atoms with van der Waals surface area (Å²) in [6.07, 6.45) is 0.455. The van der Waals surface area contributed by atoms with Crippen molar-refractivity contribution < 1.29 is 22.4 Å². The summed E-state index contributed by atoms with van der Waals surface area (Å²) in [4.78, 5) is 28.9. The van der Waals surface area contributed by atoms with E-state index in [-0.39, 0.29) is 48.0 Å². The number of carbonyl (C=O) groups is 2.